The fourth-order valence-corrected chi connectivity index (χ4v) is 3.21. The van der Waals surface area contributed by atoms with E-state index >= 15 is 0 Å². The molecule has 25 heavy (non-hydrogen) atoms. The van der Waals surface area contributed by atoms with Crippen molar-refractivity contribution in [2.45, 2.75) is 12.8 Å². The van der Waals surface area contributed by atoms with Crippen LogP contribution in [0.5, 0.6) is 5.75 Å². The van der Waals surface area contributed by atoms with Crippen molar-refractivity contribution in [1.29, 1.82) is 0 Å². The summed E-state index contributed by atoms with van der Waals surface area (Å²) in [4.78, 5) is 0. The Morgan fingerprint density at radius 2 is 1.28 bits per heavy atom. The number of hydrogen-bond donors (Lipinski definition) is 0. The van der Waals surface area contributed by atoms with E-state index < -0.39 is 0 Å². The van der Waals surface area contributed by atoms with Crippen molar-refractivity contribution < 1.29 is 4.74 Å². The lowest BCUT2D eigenvalue weighted by Gasteiger charge is -2.19. The fraction of sp³-hybridized carbons (Fsp3) is 0.0833. The Balaban J connectivity index is 1.80. The zero-order valence-electron chi connectivity index (χ0n) is 14.1. The molecule has 3 aromatic rings. The minimum atomic E-state index is 0.891. The van der Waals surface area contributed by atoms with E-state index in [9.17, 15) is 0 Å². The molecule has 1 aliphatic rings. The van der Waals surface area contributed by atoms with Gasteiger partial charge in [-0.3, -0.25) is 0 Å². The molecule has 0 N–H and O–H groups in total. The molecular formula is C24H20O. The van der Waals surface area contributed by atoms with Gasteiger partial charge in [-0.05, 0) is 35.2 Å². The highest BCUT2D eigenvalue weighted by atomic mass is 16.5. The lowest BCUT2D eigenvalue weighted by atomic mass is 9.91. The molecule has 0 radical (unpaired) electrons. The van der Waals surface area contributed by atoms with E-state index in [2.05, 4.69) is 66.7 Å². The van der Waals surface area contributed by atoms with Crippen LogP contribution in [0.25, 0.3) is 16.7 Å². The largest absolute Gasteiger partial charge is 0.461 e. The van der Waals surface area contributed by atoms with Gasteiger partial charge in [0.05, 0.1) is 0 Å². The molecule has 0 heterocycles. The van der Waals surface area contributed by atoms with Gasteiger partial charge < -0.3 is 4.74 Å². The maximum atomic E-state index is 6.24. The van der Waals surface area contributed by atoms with Crippen molar-refractivity contribution in [3.63, 3.8) is 0 Å². The quantitative estimate of drug-likeness (QED) is 0.532. The summed E-state index contributed by atoms with van der Waals surface area (Å²) in [5.74, 6) is 1.93. The van der Waals surface area contributed by atoms with Crippen LogP contribution in [0.1, 0.15) is 18.4 Å². The third-order valence-electron chi connectivity index (χ3n) is 4.41. The third-order valence-corrected chi connectivity index (χ3v) is 4.41. The van der Waals surface area contributed by atoms with E-state index in [0.29, 0.717) is 0 Å². The van der Waals surface area contributed by atoms with Gasteiger partial charge in [0.2, 0.25) is 0 Å². The molecule has 0 aliphatic heterocycles. The van der Waals surface area contributed by atoms with Crippen LogP contribution < -0.4 is 4.74 Å². The second kappa shape index (κ2) is 7.23. The Hall–Kier alpha value is -3.06. The fourth-order valence-electron chi connectivity index (χ4n) is 3.21. The molecule has 4 rings (SSSR count). The van der Waals surface area contributed by atoms with Gasteiger partial charge in [0.15, 0.2) is 0 Å². The highest BCUT2D eigenvalue weighted by molar-refractivity contribution is 5.87. The van der Waals surface area contributed by atoms with E-state index in [1.807, 2.05) is 30.3 Å². The zero-order valence-corrected chi connectivity index (χ0v) is 14.1. The lowest BCUT2D eigenvalue weighted by molar-refractivity contribution is 0.406. The molecule has 1 nitrogen and oxygen atoms in total. The van der Waals surface area contributed by atoms with Gasteiger partial charge in [0.1, 0.15) is 11.5 Å². The standard InChI is InChI=1S/C24H20O/c1-3-11-19(12-4-1)21-15-7-8-16-22(21)23-17-9-10-18-24(23)25-20-13-5-2-6-14-20/h1-9,11-17H,10,18H2. The topological polar surface area (TPSA) is 9.23 Å². The van der Waals surface area contributed by atoms with Crippen molar-refractivity contribution >= 4 is 5.57 Å². The summed E-state index contributed by atoms with van der Waals surface area (Å²) in [5, 5.41) is 0. The lowest BCUT2D eigenvalue weighted by Crippen LogP contribution is -2.03. The molecule has 1 heteroatoms. The van der Waals surface area contributed by atoms with E-state index in [0.717, 1.165) is 24.4 Å². The van der Waals surface area contributed by atoms with Crippen LogP contribution in [0.2, 0.25) is 0 Å². The first-order valence-electron chi connectivity index (χ1n) is 8.69. The van der Waals surface area contributed by atoms with Crippen LogP contribution in [0, 0.1) is 0 Å². The van der Waals surface area contributed by atoms with Gasteiger partial charge in [-0.1, -0.05) is 84.9 Å². The smallest absolute Gasteiger partial charge is 0.126 e. The second-order valence-electron chi connectivity index (χ2n) is 6.10. The van der Waals surface area contributed by atoms with Crippen LogP contribution in [0.15, 0.2) is 103 Å². The first-order valence-corrected chi connectivity index (χ1v) is 8.69. The highest BCUT2D eigenvalue weighted by Crippen LogP contribution is 2.35. The number of ether oxygens (including phenoxy) is 1. The maximum absolute atomic E-state index is 6.24. The molecule has 1 aliphatic carbocycles. The predicted molar refractivity (Wildman–Crippen MR) is 104 cm³/mol. The van der Waals surface area contributed by atoms with Crippen LogP contribution in [-0.4, -0.2) is 0 Å². The summed E-state index contributed by atoms with van der Waals surface area (Å²) in [5.41, 5.74) is 4.85. The molecule has 0 saturated heterocycles. The molecule has 0 saturated carbocycles. The van der Waals surface area contributed by atoms with E-state index in [1.165, 1.54) is 22.3 Å². The summed E-state index contributed by atoms with van der Waals surface area (Å²) in [7, 11) is 0. The van der Waals surface area contributed by atoms with E-state index in [-0.39, 0.29) is 0 Å². The van der Waals surface area contributed by atoms with Crippen molar-refractivity contribution in [3.8, 4) is 16.9 Å². The number of rotatable bonds is 4. The molecule has 3 aromatic carbocycles. The van der Waals surface area contributed by atoms with Crippen LogP contribution in [-0.2, 0) is 0 Å². The summed E-state index contributed by atoms with van der Waals surface area (Å²) < 4.78 is 6.24. The summed E-state index contributed by atoms with van der Waals surface area (Å²) in [6.07, 6.45) is 6.36. The van der Waals surface area contributed by atoms with Crippen LogP contribution in [0.4, 0.5) is 0 Å². The van der Waals surface area contributed by atoms with Gasteiger partial charge in [0, 0.05) is 12.0 Å². The highest BCUT2D eigenvalue weighted by Gasteiger charge is 2.16. The number of allylic oxidation sites excluding steroid dienone is 4. The molecule has 0 fully saturated rings. The average Bonchev–Trinajstić information content (AvgIpc) is 2.70. The predicted octanol–water partition coefficient (Wildman–Crippen LogP) is 6.49. The van der Waals surface area contributed by atoms with Crippen molar-refractivity contribution in [3.05, 3.63) is 108 Å². The first-order chi connectivity index (χ1) is 12.4. The van der Waals surface area contributed by atoms with Gasteiger partial charge in [0.25, 0.3) is 0 Å². The number of para-hydroxylation sites is 1. The van der Waals surface area contributed by atoms with Crippen LogP contribution in [0.3, 0.4) is 0 Å². The molecule has 0 bridgehead atoms. The zero-order chi connectivity index (χ0) is 16.9. The third kappa shape index (κ3) is 3.41. The monoisotopic (exact) mass is 324 g/mol. The number of benzene rings is 3. The Morgan fingerprint density at radius 3 is 2.04 bits per heavy atom. The normalized spacial score (nSPS) is 13.8. The minimum Gasteiger partial charge on any atom is -0.461 e. The Kier molecular flexibility index (Phi) is 4.47. The van der Waals surface area contributed by atoms with Crippen molar-refractivity contribution in [2.24, 2.45) is 0 Å². The summed E-state index contributed by atoms with van der Waals surface area (Å²) in [6.45, 7) is 0. The average molecular weight is 324 g/mol. The minimum absolute atomic E-state index is 0.891. The summed E-state index contributed by atoms with van der Waals surface area (Å²) >= 11 is 0. The van der Waals surface area contributed by atoms with Gasteiger partial charge in [-0.25, -0.2) is 0 Å². The molecule has 122 valence electrons. The van der Waals surface area contributed by atoms with Gasteiger partial charge in [-0.15, -0.1) is 0 Å². The van der Waals surface area contributed by atoms with E-state index in [1.54, 1.807) is 0 Å². The number of hydrogen-bond acceptors (Lipinski definition) is 1. The maximum Gasteiger partial charge on any atom is 0.126 e. The Morgan fingerprint density at radius 1 is 0.640 bits per heavy atom. The SMILES string of the molecule is C1=CC(c2ccccc2-c2ccccc2)=C(Oc2ccccc2)CC1. The first kappa shape index (κ1) is 15.5. The van der Waals surface area contributed by atoms with Crippen molar-refractivity contribution in [1.82, 2.24) is 0 Å². The van der Waals surface area contributed by atoms with Crippen LogP contribution >= 0.6 is 0 Å². The Labute approximate surface area is 148 Å². The molecule has 0 atom stereocenters. The van der Waals surface area contributed by atoms with Gasteiger partial charge in [-0.2, -0.15) is 0 Å². The van der Waals surface area contributed by atoms with Crippen molar-refractivity contribution in [2.75, 3.05) is 0 Å². The molecule has 0 amide bonds. The molecular weight excluding hydrogens is 304 g/mol. The summed E-state index contributed by atoms with van der Waals surface area (Å²) in [6, 6.07) is 29.1. The molecule has 0 aromatic heterocycles. The Bertz CT molecular complexity index is 905. The second-order valence-corrected chi connectivity index (χ2v) is 6.10. The molecule has 0 spiro atoms. The van der Waals surface area contributed by atoms with Gasteiger partial charge >= 0.3 is 0 Å². The van der Waals surface area contributed by atoms with E-state index in [4.69, 9.17) is 4.74 Å². The molecule has 0 unspecified atom stereocenters.